The molecule has 0 unspecified atom stereocenters. The minimum atomic E-state index is 0.132. The summed E-state index contributed by atoms with van der Waals surface area (Å²) in [7, 11) is 1.62. The molecular formula is C12H14Cl2O2. The normalized spacial score (nSPS) is 10.4. The Morgan fingerprint density at radius 2 is 1.94 bits per heavy atom. The first kappa shape index (κ1) is 13.5. The maximum atomic E-state index is 11.6. The summed E-state index contributed by atoms with van der Waals surface area (Å²) in [4.78, 5) is 11.6. The van der Waals surface area contributed by atoms with Gasteiger partial charge < -0.3 is 4.74 Å². The molecule has 0 aliphatic heterocycles. The lowest BCUT2D eigenvalue weighted by Crippen LogP contribution is -2.05. The molecule has 0 aliphatic carbocycles. The summed E-state index contributed by atoms with van der Waals surface area (Å²) in [5.74, 6) is 0.132. The molecule has 0 radical (unpaired) electrons. The molecular weight excluding hydrogens is 247 g/mol. The average molecular weight is 261 g/mol. The Bertz CT molecular complexity index is 344. The number of Topliss-reactive ketones (excluding diaryl/α,β-unsaturated/α-hetero) is 1. The number of ketones is 1. The number of halogens is 2. The Labute approximate surface area is 106 Å². The third-order valence-electron chi connectivity index (χ3n) is 2.24. The standard InChI is InChI=1S/C12H14Cl2O2/c1-16-7-3-4-9(15)8-10-11(13)5-2-6-12(10)14/h2,5-6H,3-4,7-8H2,1H3. The number of rotatable bonds is 6. The minimum absolute atomic E-state index is 0.132. The molecule has 0 saturated heterocycles. The highest BCUT2D eigenvalue weighted by molar-refractivity contribution is 6.36. The molecule has 0 amide bonds. The van der Waals surface area contributed by atoms with E-state index in [1.54, 1.807) is 25.3 Å². The lowest BCUT2D eigenvalue weighted by molar-refractivity contribution is -0.118. The van der Waals surface area contributed by atoms with Gasteiger partial charge in [0.2, 0.25) is 0 Å². The SMILES string of the molecule is COCCCC(=O)Cc1c(Cl)cccc1Cl. The summed E-state index contributed by atoms with van der Waals surface area (Å²) < 4.78 is 4.89. The van der Waals surface area contributed by atoms with E-state index in [1.165, 1.54) is 0 Å². The highest BCUT2D eigenvalue weighted by Gasteiger charge is 2.10. The lowest BCUT2D eigenvalue weighted by atomic mass is 10.1. The molecule has 0 fully saturated rings. The van der Waals surface area contributed by atoms with Crippen LogP contribution in [-0.2, 0) is 16.0 Å². The van der Waals surface area contributed by atoms with Crippen LogP contribution in [0.1, 0.15) is 18.4 Å². The van der Waals surface area contributed by atoms with Crippen molar-refractivity contribution in [3.05, 3.63) is 33.8 Å². The number of benzene rings is 1. The molecule has 0 aromatic heterocycles. The molecule has 0 saturated carbocycles. The van der Waals surface area contributed by atoms with Crippen LogP contribution >= 0.6 is 23.2 Å². The van der Waals surface area contributed by atoms with Gasteiger partial charge in [0.1, 0.15) is 5.78 Å². The largest absolute Gasteiger partial charge is 0.385 e. The summed E-state index contributed by atoms with van der Waals surface area (Å²) in [6.45, 7) is 0.599. The molecule has 1 aromatic carbocycles. The number of ether oxygens (including phenoxy) is 1. The van der Waals surface area contributed by atoms with Gasteiger partial charge in [-0.05, 0) is 24.1 Å². The zero-order valence-electron chi connectivity index (χ0n) is 9.13. The van der Waals surface area contributed by atoms with Gasteiger partial charge in [-0.2, -0.15) is 0 Å². The van der Waals surface area contributed by atoms with Gasteiger partial charge >= 0.3 is 0 Å². The van der Waals surface area contributed by atoms with Crippen LogP contribution in [0.15, 0.2) is 18.2 Å². The second-order valence-electron chi connectivity index (χ2n) is 3.51. The molecule has 0 heterocycles. The first-order valence-electron chi connectivity index (χ1n) is 5.08. The summed E-state index contributed by atoms with van der Waals surface area (Å²) in [6.07, 6.45) is 1.52. The Balaban J connectivity index is 2.56. The van der Waals surface area contributed by atoms with E-state index in [4.69, 9.17) is 27.9 Å². The van der Waals surface area contributed by atoms with E-state index in [9.17, 15) is 4.79 Å². The number of carbonyl (C=O) groups is 1. The van der Waals surface area contributed by atoms with Gasteiger partial charge in [0.25, 0.3) is 0 Å². The van der Waals surface area contributed by atoms with Gasteiger partial charge in [-0.3, -0.25) is 4.79 Å². The molecule has 0 spiro atoms. The van der Waals surface area contributed by atoms with Gasteiger partial charge in [0.05, 0.1) is 0 Å². The van der Waals surface area contributed by atoms with Gasteiger partial charge in [0, 0.05) is 36.6 Å². The first-order chi connectivity index (χ1) is 7.65. The van der Waals surface area contributed by atoms with E-state index in [0.29, 0.717) is 35.1 Å². The lowest BCUT2D eigenvalue weighted by Gasteiger charge is -2.05. The molecule has 1 aromatic rings. The van der Waals surface area contributed by atoms with E-state index in [-0.39, 0.29) is 5.78 Å². The van der Waals surface area contributed by atoms with Crippen LogP contribution in [0.4, 0.5) is 0 Å². The van der Waals surface area contributed by atoms with E-state index < -0.39 is 0 Å². The Hall–Kier alpha value is -0.570. The first-order valence-corrected chi connectivity index (χ1v) is 5.84. The summed E-state index contributed by atoms with van der Waals surface area (Å²) in [6, 6.07) is 5.25. The third kappa shape index (κ3) is 4.12. The van der Waals surface area contributed by atoms with Crippen molar-refractivity contribution >= 4 is 29.0 Å². The van der Waals surface area contributed by atoms with Crippen molar-refractivity contribution in [1.29, 1.82) is 0 Å². The quantitative estimate of drug-likeness (QED) is 0.732. The molecule has 0 bridgehead atoms. The predicted octanol–water partition coefficient (Wildman–Crippen LogP) is 3.53. The molecule has 4 heteroatoms. The summed E-state index contributed by atoms with van der Waals surface area (Å²) in [5.41, 5.74) is 0.716. The highest BCUT2D eigenvalue weighted by Crippen LogP contribution is 2.25. The van der Waals surface area contributed by atoms with E-state index >= 15 is 0 Å². The van der Waals surface area contributed by atoms with Gasteiger partial charge in [-0.15, -0.1) is 0 Å². The van der Waals surface area contributed by atoms with Crippen LogP contribution in [0.3, 0.4) is 0 Å². The molecule has 16 heavy (non-hydrogen) atoms. The fourth-order valence-electron chi connectivity index (χ4n) is 1.40. The predicted molar refractivity (Wildman–Crippen MR) is 66.3 cm³/mol. The molecule has 0 N–H and O–H groups in total. The Morgan fingerprint density at radius 1 is 1.31 bits per heavy atom. The highest BCUT2D eigenvalue weighted by atomic mass is 35.5. The molecule has 88 valence electrons. The number of hydrogen-bond donors (Lipinski definition) is 0. The maximum Gasteiger partial charge on any atom is 0.137 e. The maximum absolute atomic E-state index is 11.6. The number of methoxy groups -OCH3 is 1. The van der Waals surface area contributed by atoms with Crippen LogP contribution in [-0.4, -0.2) is 19.5 Å². The third-order valence-corrected chi connectivity index (χ3v) is 2.95. The van der Waals surface area contributed by atoms with Crippen molar-refractivity contribution in [2.45, 2.75) is 19.3 Å². The van der Waals surface area contributed by atoms with Crippen molar-refractivity contribution in [2.75, 3.05) is 13.7 Å². The van der Waals surface area contributed by atoms with Crippen molar-refractivity contribution in [1.82, 2.24) is 0 Å². The van der Waals surface area contributed by atoms with Gasteiger partial charge in [0.15, 0.2) is 0 Å². The van der Waals surface area contributed by atoms with Crippen molar-refractivity contribution in [3.8, 4) is 0 Å². The van der Waals surface area contributed by atoms with Gasteiger partial charge in [-0.1, -0.05) is 29.3 Å². The Kier molecular flexibility index (Phi) is 5.81. The van der Waals surface area contributed by atoms with Crippen LogP contribution in [0.25, 0.3) is 0 Å². The number of hydrogen-bond acceptors (Lipinski definition) is 2. The molecule has 0 atom stereocenters. The van der Waals surface area contributed by atoms with Crippen LogP contribution in [0.2, 0.25) is 10.0 Å². The van der Waals surface area contributed by atoms with E-state index in [1.807, 2.05) is 0 Å². The summed E-state index contributed by atoms with van der Waals surface area (Å²) in [5, 5.41) is 1.10. The van der Waals surface area contributed by atoms with Crippen LogP contribution in [0, 0.1) is 0 Å². The molecule has 1 rings (SSSR count). The van der Waals surface area contributed by atoms with E-state index in [2.05, 4.69) is 0 Å². The van der Waals surface area contributed by atoms with E-state index in [0.717, 1.165) is 6.42 Å². The van der Waals surface area contributed by atoms with Crippen molar-refractivity contribution in [2.24, 2.45) is 0 Å². The van der Waals surface area contributed by atoms with Crippen molar-refractivity contribution in [3.63, 3.8) is 0 Å². The topological polar surface area (TPSA) is 26.3 Å². The van der Waals surface area contributed by atoms with Gasteiger partial charge in [-0.25, -0.2) is 0 Å². The fourth-order valence-corrected chi connectivity index (χ4v) is 1.93. The smallest absolute Gasteiger partial charge is 0.137 e. The molecule has 0 aliphatic rings. The summed E-state index contributed by atoms with van der Waals surface area (Å²) >= 11 is 11.9. The second-order valence-corrected chi connectivity index (χ2v) is 4.33. The fraction of sp³-hybridized carbons (Fsp3) is 0.417. The van der Waals surface area contributed by atoms with Crippen molar-refractivity contribution < 1.29 is 9.53 Å². The zero-order valence-corrected chi connectivity index (χ0v) is 10.6. The number of carbonyl (C=O) groups excluding carboxylic acids is 1. The Morgan fingerprint density at radius 3 is 2.50 bits per heavy atom. The monoisotopic (exact) mass is 260 g/mol. The minimum Gasteiger partial charge on any atom is -0.385 e. The van der Waals surface area contributed by atoms with Crippen LogP contribution < -0.4 is 0 Å². The average Bonchev–Trinajstić information content (AvgIpc) is 2.24. The molecule has 2 nitrogen and oxygen atoms in total. The second kappa shape index (κ2) is 6.89. The zero-order chi connectivity index (χ0) is 12.0. The van der Waals surface area contributed by atoms with Crippen LogP contribution in [0.5, 0.6) is 0 Å².